The fourth-order valence-electron chi connectivity index (χ4n) is 2.02. The summed E-state index contributed by atoms with van der Waals surface area (Å²) in [6.07, 6.45) is 3.64. The van der Waals surface area contributed by atoms with Gasteiger partial charge in [-0.25, -0.2) is 5.43 Å². The molecule has 0 aliphatic carbocycles. The number of carbonyl (C=O) groups is 1. The Bertz CT molecular complexity index is 701. The van der Waals surface area contributed by atoms with Crippen LogP contribution in [0.25, 0.3) is 6.08 Å². The van der Waals surface area contributed by atoms with Crippen LogP contribution < -0.4 is 10.3 Å². The van der Waals surface area contributed by atoms with Gasteiger partial charge < -0.3 is 4.90 Å². The van der Waals surface area contributed by atoms with Gasteiger partial charge in [0.05, 0.1) is 6.21 Å². The van der Waals surface area contributed by atoms with Crippen LogP contribution in [0.15, 0.2) is 65.3 Å². The van der Waals surface area contributed by atoms with Gasteiger partial charge in [-0.3, -0.25) is 4.79 Å². The van der Waals surface area contributed by atoms with E-state index in [1.807, 2.05) is 74.5 Å². The second-order valence-corrected chi connectivity index (χ2v) is 5.44. The third kappa shape index (κ3) is 5.11. The maximum atomic E-state index is 12.0. The van der Waals surface area contributed by atoms with Gasteiger partial charge in [-0.15, -0.1) is 0 Å². The zero-order valence-electron chi connectivity index (χ0n) is 13.7. The minimum Gasteiger partial charge on any atom is -0.378 e. The van der Waals surface area contributed by atoms with E-state index in [2.05, 4.69) is 10.5 Å². The van der Waals surface area contributed by atoms with Gasteiger partial charge >= 0.3 is 0 Å². The Hall–Kier alpha value is -2.88. The van der Waals surface area contributed by atoms with Crippen LogP contribution in [-0.4, -0.2) is 26.2 Å². The van der Waals surface area contributed by atoms with Crippen molar-refractivity contribution in [3.8, 4) is 0 Å². The molecule has 0 aliphatic rings. The minimum absolute atomic E-state index is 0.223. The second kappa shape index (κ2) is 7.94. The van der Waals surface area contributed by atoms with Crippen LogP contribution in [0.1, 0.15) is 22.8 Å². The molecule has 1 N–H and O–H groups in total. The SMILES string of the molecule is CC(/C=N/NC(=O)c1ccc(N(C)C)cc1)=C\c1ccccc1. The van der Waals surface area contributed by atoms with E-state index in [-0.39, 0.29) is 5.91 Å². The number of nitrogens with one attached hydrogen (secondary N) is 1. The van der Waals surface area contributed by atoms with Crippen molar-refractivity contribution in [1.29, 1.82) is 0 Å². The van der Waals surface area contributed by atoms with Crippen molar-refractivity contribution in [3.05, 3.63) is 71.3 Å². The largest absolute Gasteiger partial charge is 0.378 e. The van der Waals surface area contributed by atoms with Crippen molar-refractivity contribution in [2.24, 2.45) is 5.10 Å². The van der Waals surface area contributed by atoms with Crippen LogP contribution in [0.3, 0.4) is 0 Å². The summed E-state index contributed by atoms with van der Waals surface area (Å²) in [5.41, 5.74) is 6.23. The zero-order valence-corrected chi connectivity index (χ0v) is 13.7. The van der Waals surface area contributed by atoms with E-state index in [1.54, 1.807) is 18.3 Å². The Morgan fingerprint density at radius 3 is 2.30 bits per heavy atom. The first-order valence-corrected chi connectivity index (χ1v) is 7.40. The lowest BCUT2D eigenvalue weighted by Gasteiger charge is -2.12. The number of carbonyl (C=O) groups excluding carboxylic acids is 1. The maximum Gasteiger partial charge on any atom is 0.271 e. The third-order valence-corrected chi connectivity index (χ3v) is 3.27. The van der Waals surface area contributed by atoms with Gasteiger partial charge in [-0.1, -0.05) is 36.4 Å². The maximum absolute atomic E-state index is 12.0. The average Bonchev–Trinajstić information content (AvgIpc) is 2.55. The van der Waals surface area contributed by atoms with Gasteiger partial charge in [-0.05, 0) is 42.3 Å². The Labute approximate surface area is 137 Å². The fourth-order valence-corrected chi connectivity index (χ4v) is 2.02. The van der Waals surface area contributed by atoms with Crippen molar-refractivity contribution in [3.63, 3.8) is 0 Å². The third-order valence-electron chi connectivity index (χ3n) is 3.27. The van der Waals surface area contributed by atoms with Crippen molar-refractivity contribution in [2.45, 2.75) is 6.92 Å². The Kier molecular flexibility index (Phi) is 5.69. The molecular weight excluding hydrogens is 286 g/mol. The van der Waals surface area contributed by atoms with E-state index in [0.717, 1.165) is 16.8 Å². The molecule has 2 aromatic carbocycles. The fraction of sp³-hybridized carbons (Fsp3) is 0.158. The molecule has 0 saturated heterocycles. The van der Waals surface area contributed by atoms with E-state index in [0.29, 0.717) is 5.56 Å². The lowest BCUT2D eigenvalue weighted by Crippen LogP contribution is -2.17. The Morgan fingerprint density at radius 2 is 1.70 bits per heavy atom. The first kappa shape index (κ1) is 16.5. The highest BCUT2D eigenvalue weighted by Gasteiger charge is 2.04. The quantitative estimate of drug-likeness (QED) is 0.678. The van der Waals surface area contributed by atoms with Crippen LogP contribution in [-0.2, 0) is 0 Å². The number of anilines is 1. The first-order chi connectivity index (χ1) is 11.1. The number of nitrogens with zero attached hydrogens (tertiary/aromatic N) is 2. The van der Waals surface area contributed by atoms with Crippen molar-refractivity contribution >= 4 is 23.9 Å². The smallest absolute Gasteiger partial charge is 0.271 e. The number of rotatable bonds is 5. The summed E-state index contributed by atoms with van der Waals surface area (Å²) in [4.78, 5) is 14.0. The van der Waals surface area contributed by atoms with Crippen LogP contribution in [0.4, 0.5) is 5.69 Å². The Morgan fingerprint density at radius 1 is 1.04 bits per heavy atom. The Balaban J connectivity index is 1.94. The molecule has 0 saturated carbocycles. The van der Waals surface area contributed by atoms with Crippen molar-refractivity contribution in [2.75, 3.05) is 19.0 Å². The molecule has 1 amide bonds. The summed E-state index contributed by atoms with van der Waals surface area (Å²) in [6, 6.07) is 17.3. The van der Waals surface area contributed by atoms with E-state index >= 15 is 0 Å². The summed E-state index contributed by atoms with van der Waals surface area (Å²) in [5.74, 6) is -0.223. The number of allylic oxidation sites excluding steroid dienone is 1. The lowest BCUT2D eigenvalue weighted by molar-refractivity contribution is 0.0955. The predicted octanol–water partition coefficient (Wildman–Crippen LogP) is 3.57. The monoisotopic (exact) mass is 307 g/mol. The highest BCUT2D eigenvalue weighted by molar-refractivity contribution is 5.95. The molecular formula is C19H21N3O. The molecule has 118 valence electrons. The highest BCUT2D eigenvalue weighted by Crippen LogP contribution is 2.12. The molecule has 0 heterocycles. The topological polar surface area (TPSA) is 44.7 Å². The number of hydrogen-bond donors (Lipinski definition) is 1. The number of benzene rings is 2. The first-order valence-electron chi connectivity index (χ1n) is 7.40. The molecule has 4 heteroatoms. The van der Waals surface area contributed by atoms with Gasteiger partial charge in [0.25, 0.3) is 5.91 Å². The molecule has 0 atom stereocenters. The van der Waals surface area contributed by atoms with Gasteiger partial charge in [0.1, 0.15) is 0 Å². The van der Waals surface area contributed by atoms with Crippen molar-refractivity contribution in [1.82, 2.24) is 5.43 Å². The number of hydrogen-bond acceptors (Lipinski definition) is 3. The second-order valence-electron chi connectivity index (χ2n) is 5.44. The normalized spacial score (nSPS) is 11.5. The molecule has 0 spiro atoms. The van der Waals surface area contributed by atoms with Crippen molar-refractivity contribution < 1.29 is 4.79 Å². The molecule has 0 bridgehead atoms. The average molecular weight is 307 g/mol. The molecule has 0 aromatic heterocycles. The molecule has 4 nitrogen and oxygen atoms in total. The number of hydrazone groups is 1. The summed E-state index contributed by atoms with van der Waals surface area (Å²) >= 11 is 0. The summed E-state index contributed by atoms with van der Waals surface area (Å²) in [7, 11) is 3.92. The molecule has 23 heavy (non-hydrogen) atoms. The van der Waals surface area contributed by atoms with E-state index in [4.69, 9.17) is 0 Å². The van der Waals surface area contributed by atoms with Gasteiger partial charge in [0.15, 0.2) is 0 Å². The molecule has 2 aromatic rings. The van der Waals surface area contributed by atoms with Crippen LogP contribution >= 0.6 is 0 Å². The summed E-state index contributed by atoms with van der Waals surface area (Å²) in [6.45, 7) is 1.94. The minimum atomic E-state index is -0.223. The molecule has 0 fully saturated rings. The van der Waals surface area contributed by atoms with Crippen LogP contribution in [0.5, 0.6) is 0 Å². The van der Waals surface area contributed by atoms with E-state index < -0.39 is 0 Å². The van der Waals surface area contributed by atoms with E-state index in [9.17, 15) is 4.79 Å². The lowest BCUT2D eigenvalue weighted by atomic mass is 10.1. The van der Waals surface area contributed by atoms with Gasteiger partial charge in [-0.2, -0.15) is 5.10 Å². The highest BCUT2D eigenvalue weighted by atomic mass is 16.2. The van der Waals surface area contributed by atoms with Gasteiger partial charge in [0.2, 0.25) is 0 Å². The summed E-state index contributed by atoms with van der Waals surface area (Å²) in [5, 5.41) is 4.00. The predicted molar refractivity (Wildman–Crippen MR) is 96.8 cm³/mol. The van der Waals surface area contributed by atoms with Gasteiger partial charge in [0, 0.05) is 25.3 Å². The molecule has 0 unspecified atom stereocenters. The van der Waals surface area contributed by atoms with E-state index in [1.165, 1.54) is 0 Å². The summed E-state index contributed by atoms with van der Waals surface area (Å²) < 4.78 is 0. The molecule has 0 radical (unpaired) electrons. The zero-order chi connectivity index (χ0) is 16.7. The van der Waals surface area contributed by atoms with Crippen LogP contribution in [0.2, 0.25) is 0 Å². The van der Waals surface area contributed by atoms with Crippen LogP contribution in [0, 0.1) is 0 Å². The number of amides is 1. The molecule has 0 aliphatic heterocycles. The standard InChI is InChI=1S/C19H21N3O/c1-15(13-16-7-5-4-6-8-16)14-20-21-19(23)17-9-11-18(12-10-17)22(2)3/h4-14H,1-3H3,(H,21,23)/b15-13+,20-14+. The molecule has 2 rings (SSSR count).